The third-order valence-electron chi connectivity index (χ3n) is 3.18. The van der Waals surface area contributed by atoms with Gasteiger partial charge in [0.25, 0.3) is 5.91 Å². The molecule has 0 spiro atoms. The lowest BCUT2D eigenvalue weighted by Crippen LogP contribution is -2.13. The minimum absolute atomic E-state index is 0.0586. The number of nitriles is 1. The van der Waals surface area contributed by atoms with Crippen molar-refractivity contribution < 1.29 is 14.3 Å². The van der Waals surface area contributed by atoms with Crippen LogP contribution in [0.2, 0.25) is 5.02 Å². The topological polar surface area (TPSA) is 79.2 Å². The Kier molecular flexibility index (Phi) is 6.33. The molecule has 25 heavy (non-hydrogen) atoms. The maximum atomic E-state index is 12.2. The van der Waals surface area contributed by atoms with Gasteiger partial charge in [-0.25, -0.2) is 4.79 Å². The van der Waals surface area contributed by atoms with E-state index in [0.29, 0.717) is 21.8 Å². The summed E-state index contributed by atoms with van der Waals surface area (Å²) in [6.07, 6.45) is 1.45. The lowest BCUT2D eigenvalue weighted by Gasteiger charge is -2.06. The van der Waals surface area contributed by atoms with Crippen molar-refractivity contribution in [3.63, 3.8) is 0 Å². The Morgan fingerprint density at radius 1 is 1.24 bits per heavy atom. The molecule has 1 amide bonds. The highest BCUT2D eigenvalue weighted by atomic mass is 35.5. The van der Waals surface area contributed by atoms with E-state index in [0.717, 1.165) is 0 Å². The van der Waals surface area contributed by atoms with Gasteiger partial charge in [0.1, 0.15) is 11.6 Å². The Hall–Kier alpha value is -3.10. The Morgan fingerprint density at radius 2 is 1.96 bits per heavy atom. The fourth-order valence-corrected chi connectivity index (χ4v) is 2.21. The molecule has 0 atom stereocenters. The van der Waals surface area contributed by atoms with Crippen LogP contribution in [0.5, 0.6) is 0 Å². The van der Waals surface area contributed by atoms with E-state index in [9.17, 15) is 14.9 Å². The first-order chi connectivity index (χ1) is 12.0. The molecule has 0 aromatic heterocycles. The minimum Gasteiger partial charge on any atom is -0.462 e. The average Bonchev–Trinajstić information content (AvgIpc) is 2.60. The van der Waals surface area contributed by atoms with Crippen LogP contribution in [0, 0.1) is 11.3 Å². The van der Waals surface area contributed by atoms with Gasteiger partial charge < -0.3 is 10.1 Å². The van der Waals surface area contributed by atoms with Crippen molar-refractivity contribution in [2.45, 2.75) is 6.92 Å². The van der Waals surface area contributed by atoms with E-state index in [1.807, 2.05) is 6.07 Å². The van der Waals surface area contributed by atoms with Crippen molar-refractivity contribution in [1.29, 1.82) is 5.26 Å². The molecule has 126 valence electrons. The second-order valence-corrected chi connectivity index (χ2v) is 5.41. The zero-order chi connectivity index (χ0) is 18.2. The maximum absolute atomic E-state index is 12.2. The molecule has 0 unspecified atom stereocenters. The van der Waals surface area contributed by atoms with Gasteiger partial charge in [-0.15, -0.1) is 0 Å². The number of rotatable bonds is 5. The van der Waals surface area contributed by atoms with Crippen LogP contribution in [0.1, 0.15) is 22.8 Å². The predicted molar refractivity (Wildman–Crippen MR) is 96.1 cm³/mol. The highest BCUT2D eigenvalue weighted by molar-refractivity contribution is 6.30. The quantitative estimate of drug-likeness (QED) is 0.499. The van der Waals surface area contributed by atoms with E-state index < -0.39 is 11.9 Å². The summed E-state index contributed by atoms with van der Waals surface area (Å²) in [5.41, 5.74) is 1.44. The Morgan fingerprint density at radius 3 is 2.56 bits per heavy atom. The molecule has 6 heteroatoms. The van der Waals surface area contributed by atoms with Crippen molar-refractivity contribution >= 4 is 35.2 Å². The number of ether oxygens (including phenoxy) is 1. The molecule has 2 rings (SSSR count). The fraction of sp³-hybridized carbons (Fsp3) is 0.105. The van der Waals surface area contributed by atoms with Gasteiger partial charge in [-0.1, -0.05) is 23.7 Å². The molecule has 5 nitrogen and oxygen atoms in total. The van der Waals surface area contributed by atoms with Gasteiger partial charge in [-0.05, 0) is 55.0 Å². The number of carbonyl (C=O) groups excluding carboxylic acids is 2. The van der Waals surface area contributed by atoms with Crippen LogP contribution in [0.4, 0.5) is 5.69 Å². The molecular weight excluding hydrogens is 340 g/mol. The van der Waals surface area contributed by atoms with Gasteiger partial charge in [0, 0.05) is 10.7 Å². The number of amides is 1. The number of nitrogens with zero attached hydrogens (tertiary/aromatic N) is 1. The average molecular weight is 355 g/mol. The van der Waals surface area contributed by atoms with Gasteiger partial charge >= 0.3 is 5.97 Å². The number of esters is 1. The molecule has 0 aliphatic heterocycles. The highest BCUT2D eigenvalue weighted by Gasteiger charge is 2.11. The van der Waals surface area contributed by atoms with Crippen LogP contribution in [0.15, 0.2) is 54.1 Å². The number of hydrogen-bond donors (Lipinski definition) is 1. The molecule has 0 fully saturated rings. The Labute approximate surface area is 150 Å². The largest absolute Gasteiger partial charge is 0.462 e. The summed E-state index contributed by atoms with van der Waals surface area (Å²) in [4.78, 5) is 23.8. The first kappa shape index (κ1) is 18.2. The molecule has 0 bridgehead atoms. The molecular formula is C19H15ClN2O3. The zero-order valence-electron chi connectivity index (χ0n) is 13.5. The summed E-state index contributed by atoms with van der Waals surface area (Å²) in [6, 6.07) is 14.9. The SMILES string of the molecule is CCOC(=O)c1ccc(NC(=O)/C(C#N)=C/c2cccc(Cl)c2)cc1. The molecule has 1 N–H and O–H groups in total. The van der Waals surface area contributed by atoms with Gasteiger partial charge in [-0.3, -0.25) is 4.79 Å². The molecule has 2 aromatic rings. The fourth-order valence-electron chi connectivity index (χ4n) is 2.01. The molecule has 0 aliphatic rings. The van der Waals surface area contributed by atoms with Crippen LogP contribution in [-0.4, -0.2) is 18.5 Å². The van der Waals surface area contributed by atoms with Crippen LogP contribution in [0.25, 0.3) is 6.08 Å². The van der Waals surface area contributed by atoms with E-state index in [1.54, 1.807) is 55.5 Å². The van der Waals surface area contributed by atoms with Crippen molar-refractivity contribution in [1.82, 2.24) is 0 Å². The predicted octanol–water partition coefficient (Wildman–Crippen LogP) is 4.06. The summed E-state index contributed by atoms with van der Waals surface area (Å²) in [6.45, 7) is 2.01. The van der Waals surface area contributed by atoms with E-state index >= 15 is 0 Å². The first-order valence-corrected chi connectivity index (χ1v) is 7.87. The normalized spacial score (nSPS) is 10.7. The molecule has 2 aromatic carbocycles. The van der Waals surface area contributed by atoms with E-state index in [2.05, 4.69) is 5.32 Å². The summed E-state index contributed by atoms with van der Waals surface area (Å²) in [5, 5.41) is 12.3. The minimum atomic E-state index is -0.550. The zero-order valence-corrected chi connectivity index (χ0v) is 14.2. The Bertz CT molecular complexity index is 852. The Balaban J connectivity index is 2.12. The second-order valence-electron chi connectivity index (χ2n) is 4.98. The van der Waals surface area contributed by atoms with Crippen LogP contribution < -0.4 is 5.32 Å². The molecule has 0 radical (unpaired) electrons. The first-order valence-electron chi connectivity index (χ1n) is 7.49. The van der Waals surface area contributed by atoms with Crippen LogP contribution >= 0.6 is 11.6 Å². The third kappa shape index (κ3) is 5.20. The molecule has 0 saturated heterocycles. The monoisotopic (exact) mass is 354 g/mol. The van der Waals surface area contributed by atoms with Crippen LogP contribution in [0.3, 0.4) is 0 Å². The maximum Gasteiger partial charge on any atom is 0.338 e. The molecule has 0 saturated carbocycles. The number of benzene rings is 2. The van der Waals surface area contributed by atoms with Crippen LogP contribution in [-0.2, 0) is 9.53 Å². The van der Waals surface area contributed by atoms with E-state index in [1.165, 1.54) is 6.08 Å². The van der Waals surface area contributed by atoms with E-state index in [-0.39, 0.29) is 12.2 Å². The smallest absolute Gasteiger partial charge is 0.338 e. The standard InChI is InChI=1S/C19H15ClN2O3/c1-2-25-19(24)14-6-8-17(9-7-14)22-18(23)15(12-21)10-13-4-3-5-16(20)11-13/h3-11H,2H2,1H3,(H,22,23)/b15-10+. The number of carbonyl (C=O) groups is 2. The van der Waals surface area contributed by atoms with Crippen molar-refractivity contribution in [3.05, 3.63) is 70.3 Å². The second kappa shape index (κ2) is 8.67. The molecule has 0 aliphatic carbocycles. The number of halogens is 1. The van der Waals surface area contributed by atoms with Crippen molar-refractivity contribution in [3.8, 4) is 6.07 Å². The van der Waals surface area contributed by atoms with Gasteiger partial charge in [0.05, 0.1) is 12.2 Å². The lowest BCUT2D eigenvalue weighted by molar-refractivity contribution is -0.112. The number of nitrogens with one attached hydrogen (secondary N) is 1. The number of hydrogen-bond acceptors (Lipinski definition) is 4. The summed E-state index contributed by atoms with van der Waals surface area (Å²) < 4.78 is 4.89. The van der Waals surface area contributed by atoms with E-state index in [4.69, 9.17) is 16.3 Å². The molecule has 0 heterocycles. The van der Waals surface area contributed by atoms with Gasteiger partial charge in [-0.2, -0.15) is 5.26 Å². The summed E-state index contributed by atoms with van der Waals surface area (Å²) in [7, 11) is 0. The summed E-state index contributed by atoms with van der Waals surface area (Å²) in [5.74, 6) is -0.981. The van der Waals surface area contributed by atoms with Crippen molar-refractivity contribution in [2.24, 2.45) is 0 Å². The van der Waals surface area contributed by atoms with Gasteiger partial charge in [0.15, 0.2) is 0 Å². The highest BCUT2D eigenvalue weighted by Crippen LogP contribution is 2.16. The third-order valence-corrected chi connectivity index (χ3v) is 3.41. The van der Waals surface area contributed by atoms with Crippen molar-refractivity contribution in [2.75, 3.05) is 11.9 Å². The number of anilines is 1. The summed E-state index contributed by atoms with van der Waals surface area (Å²) >= 11 is 5.89. The van der Waals surface area contributed by atoms with Gasteiger partial charge in [0.2, 0.25) is 0 Å². The lowest BCUT2D eigenvalue weighted by atomic mass is 10.1.